The maximum Gasteiger partial charge on any atom is 0.208 e. The summed E-state index contributed by atoms with van der Waals surface area (Å²) in [5.41, 5.74) is 0.901. The molecule has 0 aliphatic carbocycles. The molecular weight excluding hydrogens is 282 g/mol. The van der Waals surface area contributed by atoms with Gasteiger partial charge in [-0.3, -0.25) is 0 Å². The van der Waals surface area contributed by atoms with Crippen LogP contribution in [0, 0.1) is 0 Å². The minimum Gasteiger partial charge on any atom is -0.504 e. The standard InChI is InChI=1S/C17H11NO2S/c19-15-9-11-5-1-2-6-12(11)10-16(15)20-17-13-7-3-4-8-14(13)18-21-17/h1-10,19H. The number of hydrogen-bond acceptors (Lipinski definition) is 4. The Morgan fingerprint density at radius 3 is 2.48 bits per heavy atom. The van der Waals surface area contributed by atoms with Crippen molar-refractivity contribution in [2.24, 2.45) is 0 Å². The minimum atomic E-state index is 0.131. The number of aromatic hydroxyl groups is 1. The molecule has 0 unspecified atom stereocenters. The molecule has 21 heavy (non-hydrogen) atoms. The van der Waals surface area contributed by atoms with Crippen LogP contribution < -0.4 is 4.74 Å². The molecule has 1 heterocycles. The highest BCUT2D eigenvalue weighted by molar-refractivity contribution is 7.09. The lowest BCUT2D eigenvalue weighted by molar-refractivity contribution is 0.419. The van der Waals surface area contributed by atoms with Crippen molar-refractivity contribution in [3.8, 4) is 16.6 Å². The lowest BCUT2D eigenvalue weighted by atomic mass is 10.1. The van der Waals surface area contributed by atoms with Crippen molar-refractivity contribution in [3.05, 3.63) is 60.7 Å². The van der Waals surface area contributed by atoms with Gasteiger partial charge < -0.3 is 9.84 Å². The van der Waals surface area contributed by atoms with Crippen molar-refractivity contribution in [2.75, 3.05) is 0 Å². The van der Waals surface area contributed by atoms with E-state index < -0.39 is 0 Å². The van der Waals surface area contributed by atoms with E-state index in [1.807, 2.05) is 54.6 Å². The molecule has 0 saturated carbocycles. The fourth-order valence-corrected chi connectivity index (χ4v) is 3.07. The zero-order chi connectivity index (χ0) is 14.2. The summed E-state index contributed by atoms with van der Waals surface area (Å²) in [6.45, 7) is 0. The third-order valence-electron chi connectivity index (χ3n) is 3.38. The average molecular weight is 293 g/mol. The van der Waals surface area contributed by atoms with Crippen LogP contribution in [0.1, 0.15) is 0 Å². The summed E-state index contributed by atoms with van der Waals surface area (Å²) in [5, 5.41) is 13.8. The molecule has 0 aliphatic rings. The largest absolute Gasteiger partial charge is 0.504 e. The van der Waals surface area contributed by atoms with E-state index >= 15 is 0 Å². The van der Waals surface area contributed by atoms with E-state index in [0.29, 0.717) is 10.8 Å². The van der Waals surface area contributed by atoms with Crippen LogP contribution in [0.15, 0.2) is 60.7 Å². The van der Waals surface area contributed by atoms with Crippen molar-refractivity contribution >= 4 is 33.2 Å². The van der Waals surface area contributed by atoms with Gasteiger partial charge in [-0.2, -0.15) is 4.37 Å². The van der Waals surface area contributed by atoms with Crippen LogP contribution in [0.5, 0.6) is 16.6 Å². The molecule has 1 N–H and O–H groups in total. The van der Waals surface area contributed by atoms with Gasteiger partial charge in [-0.05, 0) is 35.0 Å². The summed E-state index contributed by atoms with van der Waals surface area (Å²) in [4.78, 5) is 0. The molecule has 0 bridgehead atoms. The van der Waals surface area contributed by atoms with Gasteiger partial charge in [0.15, 0.2) is 11.5 Å². The molecule has 0 fully saturated rings. The number of aromatic nitrogens is 1. The molecule has 0 aliphatic heterocycles. The van der Waals surface area contributed by atoms with Gasteiger partial charge in [0, 0.05) is 11.5 Å². The first-order valence-corrected chi connectivity index (χ1v) is 7.32. The summed E-state index contributed by atoms with van der Waals surface area (Å²) in [6, 6.07) is 19.2. The highest BCUT2D eigenvalue weighted by Gasteiger charge is 2.11. The van der Waals surface area contributed by atoms with Gasteiger partial charge in [0.25, 0.3) is 0 Å². The highest BCUT2D eigenvalue weighted by atomic mass is 32.1. The lowest BCUT2D eigenvalue weighted by Crippen LogP contribution is -1.83. The maximum atomic E-state index is 10.1. The summed E-state index contributed by atoms with van der Waals surface area (Å²) >= 11 is 1.29. The Balaban J connectivity index is 1.82. The quantitative estimate of drug-likeness (QED) is 0.568. The number of benzene rings is 3. The highest BCUT2D eigenvalue weighted by Crippen LogP contribution is 2.39. The minimum absolute atomic E-state index is 0.131. The molecule has 4 aromatic rings. The van der Waals surface area contributed by atoms with Crippen LogP contribution in [0.2, 0.25) is 0 Å². The molecule has 4 rings (SSSR count). The summed E-state index contributed by atoms with van der Waals surface area (Å²) < 4.78 is 10.2. The van der Waals surface area contributed by atoms with E-state index in [9.17, 15) is 5.11 Å². The average Bonchev–Trinajstić information content (AvgIpc) is 2.91. The third-order valence-corrected chi connectivity index (χ3v) is 4.14. The third kappa shape index (κ3) is 2.10. The predicted molar refractivity (Wildman–Crippen MR) is 85.3 cm³/mol. The van der Waals surface area contributed by atoms with E-state index in [0.717, 1.165) is 21.7 Å². The van der Waals surface area contributed by atoms with Gasteiger partial charge in [-0.25, -0.2) is 0 Å². The fourth-order valence-electron chi connectivity index (χ4n) is 2.33. The molecule has 0 saturated heterocycles. The molecule has 3 aromatic carbocycles. The molecule has 1 aromatic heterocycles. The predicted octanol–water partition coefficient (Wildman–Crippen LogP) is 4.95. The van der Waals surface area contributed by atoms with Gasteiger partial charge in [0.1, 0.15) is 0 Å². The van der Waals surface area contributed by atoms with Crippen molar-refractivity contribution in [1.82, 2.24) is 4.37 Å². The Morgan fingerprint density at radius 1 is 0.905 bits per heavy atom. The lowest BCUT2D eigenvalue weighted by Gasteiger charge is -2.07. The number of ether oxygens (including phenoxy) is 1. The van der Waals surface area contributed by atoms with Crippen molar-refractivity contribution in [2.45, 2.75) is 0 Å². The van der Waals surface area contributed by atoms with E-state index in [4.69, 9.17) is 4.74 Å². The Bertz CT molecular complexity index is 946. The van der Waals surface area contributed by atoms with Crippen LogP contribution >= 0.6 is 11.5 Å². The van der Waals surface area contributed by atoms with Gasteiger partial charge in [0.05, 0.1) is 10.9 Å². The summed E-state index contributed by atoms with van der Waals surface area (Å²) in [5.74, 6) is 0.578. The number of phenolic OH excluding ortho intramolecular Hbond substituents is 1. The van der Waals surface area contributed by atoms with E-state index in [2.05, 4.69) is 4.37 Å². The van der Waals surface area contributed by atoms with Gasteiger partial charge in [-0.1, -0.05) is 36.4 Å². The second kappa shape index (κ2) is 4.75. The molecular formula is C17H11NO2S. The molecule has 0 amide bonds. The van der Waals surface area contributed by atoms with Crippen LogP contribution in [-0.4, -0.2) is 9.48 Å². The fraction of sp³-hybridized carbons (Fsp3) is 0. The molecule has 3 nitrogen and oxygen atoms in total. The van der Waals surface area contributed by atoms with Crippen LogP contribution in [0.25, 0.3) is 21.7 Å². The molecule has 102 valence electrons. The molecule has 4 heteroatoms. The number of nitrogens with zero attached hydrogens (tertiary/aromatic N) is 1. The zero-order valence-electron chi connectivity index (χ0n) is 11.0. The maximum absolute atomic E-state index is 10.1. The number of phenols is 1. The second-order valence-electron chi connectivity index (χ2n) is 4.76. The van der Waals surface area contributed by atoms with Crippen molar-refractivity contribution < 1.29 is 9.84 Å². The van der Waals surface area contributed by atoms with Gasteiger partial charge >= 0.3 is 0 Å². The monoisotopic (exact) mass is 293 g/mol. The van der Waals surface area contributed by atoms with Crippen LogP contribution in [0.4, 0.5) is 0 Å². The first-order valence-electron chi connectivity index (χ1n) is 6.55. The molecule has 0 spiro atoms. The van der Waals surface area contributed by atoms with E-state index in [-0.39, 0.29) is 5.75 Å². The van der Waals surface area contributed by atoms with Crippen molar-refractivity contribution in [3.63, 3.8) is 0 Å². The number of hydrogen-bond donors (Lipinski definition) is 1. The number of rotatable bonds is 2. The van der Waals surface area contributed by atoms with Crippen LogP contribution in [-0.2, 0) is 0 Å². The Kier molecular flexibility index (Phi) is 2.75. The Hall–Kier alpha value is -2.59. The first-order chi connectivity index (χ1) is 10.3. The van der Waals surface area contributed by atoms with Gasteiger partial charge in [0.2, 0.25) is 5.06 Å². The van der Waals surface area contributed by atoms with E-state index in [1.54, 1.807) is 6.07 Å². The van der Waals surface area contributed by atoms with Crippen LogP contribution in [0.3, 0.4) is 0 Å². The smallest absolute Gasteiger partial charge is 0.208 e. The topological polar surface area (TPSA) is 42.4 Å². The van der Waals surface area contributed by atoms with E-state index in [1.165, 1.54) is 11.5 Å². The molecule has 0 atom stereocenters. The second-order valence-corrected chi connectivity index (χ2v) is 5.49. The zero-order valence-corrected chi connectivity index (χ0v) is 11.8. The summed E-state index contributed by atoms with van der Waals surface area (Å²) in [7, 11) is 0. The molecule has 0 radical (unpaired) electrons. The Labute approximate surface area is 125 Å². The normalized spacial score (nSPS) is 11.0. The SMILES string of the molecule is Oc1cc2ccccc2cc1Oc1snc2ccccc12. The Morgan fingerprint density at radius 2 is 1.62 bits per heavy atom. The van der Waals surface area contributed by atoms with Crippen molar-refractivity contribution in [1.29, 1.82) is 0 Å². The first kappa shape index (κ1) is 12.2. The number of fused-ring (bicyclic) bond motifs is 2. The van der Waals surface area contributed by atoms with Gasteiger partial charge in [-0.15, -0.1) is 0 Å². The summed E-state index contributed by atoms with van der Waals surface area (Å²) in [6.07, 6.45) is 0.